The van der Waals surface area contributed by atoms with Gasteiger partial charge in [0, 0.05) is 6.54 Å². The van der Waals surface area contributed by atoms with E-state index >= 15 is 0 Å². The normalized spacial score (nSPS) is 19.1. The third-order valence-corrected chi connectivity index (χ3v) is 6.76. The zero-order chi connectivity index (χ0) is 16.7. The van der Waals surface area contributed by atoms with Crippen molar-refractivity contribution in [3.05, 3.63) is 53.8 Å². The Balaban J connectivity index is 1.80. The van der Waals surface area contributed by atoms with Gasteiger partial charge in [-0.3, -0.25) is 0 Å². The predicted octanol–water partition coefficient (Wildman–Crippen LogP) is 3.36. The highest BCUT2D eigenvalue weighted by Crippen LogP contribution is 2.37. The molecule has 2 aromatic carbocycles. The van der Waals surface area contributed by atoms with Gasteiger partial charge in [-0.15, -0.1) is 0 Å². The van der Waals surface area contributed by atoms with Gasteiger partial charge >= 0.3 is 0 Å². The number of hydrogen-bond acceptors (Lipinski definition) is 5. The van der Waals surface area contributed by atoms with Crippen molar-refractivity contribution >= 4 is 32.8 Å². The van der Waals surface area contributed by atoms with Gasteiger partial charge in [0.1, 0.15) is 21.7 Å². The van der Waals surface area contributed by atoms with Crippen LogP contribution in [0.1, 0.15) is 24.4 Å². The zero-order valence-corrected chi connectivity index (χ0v) is 14.2. The molecule has 8 heteroatoms. The average Bonchev–Trinajstić information content (AvgIpc) is 3.23. The van der Waals surface area contributed by atoms with E-state index in [1.165, 1.54) is 16.4 Å². The summed E-state index contributed by atoms with van der Waals surface area (Å²) in [6.07, 6.45) is 1.42. The molecular weight excluding hydrogens is 349 g/mol. The van der Waals surface area contributed by atoms with Crippen LogP contribution in [0.25, 0.3) is 11.0 Å². The Morgan fingerprint density at radius 2 is 2.00 bits per heavy atom. The number of aromatic nitrogens is 2. The van der Waals surface area contributed by atoms with E-state index in [4.69, 9.17) is 0 Å². The van der Waals surface area contributed by atoms with Gasteiger partial charge in [-0.25, -0.2) is 12.8 Å². The van der Waals surface area contributed by atoms with E-state index in [9.17, 15) is 12.8 Å². The summed E-state index contributed by atoms with van der Waals surface area (Å²) in [5, 5.41) is 0. The molecule has 1 fully saturated rings. The second-order valence-electron chi connectivity index (χ2n) is 5.72. The van der Waals surface area contributed by atoms with Gasteiger partial charge in [-0.1, -0.05) is 18.2 Å². The Hall–Kier alpha value is -1.90. The number of hydrogen-bond donors (Lipinski definition) is 0. The van der Waals surface area contributed by atoms with Crippen LogP contribution in [0.4, 0.5) is 4.39 Å². The highest BCUT2D eigenvalue weighted by atomic mass is 32.2. The van der Waals surface area contributed by atoms with E-state index < -0.39 is 10.0 Å². The van der Waals surface area contributed by atoms with E-state index in [1.807, 2.05) is 0 Å². The largest absolute Gasteiger partial charge is 0.245 e. The lowest BCUT2D eigenvalue weighted by Gasteiger charge is -2.24. The van der Waals surface area contributed by atoms with E-state index in [-0.39, 0.29) is 16.8 Å². The summed E-state index contributed by atoms with van der Waals surface area (Å²) in [6.45, 7) is 0.414. The topological polar surface area (TPSA) is 63.2 Å². The van der Waals surface area contributed by atoms with E-state index in [0.717, 1.165) is 18.1 Å². The van der Waals surface area contributed by atoms with Crippen molar-refractivity contribution in [1.82, 2.24) is 13.1 Å². The molecule has 0 N–H and O–H groups in total. The van der Waals surface area contributed by atoms with Gasteiger partial charge in [0.2, 0.25) is 10.0 Å². The molecule has 0 bridgehead atoms. The third kappa shape index (κ3) is 2.51. The Labute approximate surface area is 143 Å². The maximum atomic E-state index is 13.5. The number of fused-ring (bicyclic) bond motifs is 1. The summed E-state index contributed by atoms with van der Waals surface area (Å²) in [5.41, 5.74) is 1.65. The van der Waals surface area contributed by atoms with Crippen LogP contribution in [0, 0.1) is 5.82 Å². The lowest BCUT2D eigenvalue weighted by atomic mass is 10.1. The van der Waals surface area contributed by atoms with Crippen LogP contribution in [0.5, 0.6) is 0 Å². The molecule has 0 unspecified atom stereocenters. The quantitative estimate of drug-likeness (QED) is 0.716. The molecule has 1 aliphatic rings. The zero-order valence-electron chi connectivity index (χ0n) is 12.6. The van der Waals surface area contributed by atoms with Crippen molar-refractivity contribution in [2.45, 2.75) is 23.8 Å². The van der Waals surface area contributed by atoms with Crippen molar-refractivity contribution < 1.29 is 12.8 Å². The number of benzene rings is 2. The molecule has 0 spiro atoms. The maximum Gasteiger partial charge on any atom is 0.245 e. The van der Waals surface area contributed by atoms with Crippen LogP contribution in [0.15, 0.2) is 47.4 Å². The summed E-state index contributed by atoms with van der Waals surface area (Å²) in [4.78, 5) is 0.164. The molecule has 5 nitrogen and oxygen atoms in total. The molecular formula is C16H14FN3O2S2. The molecule has 24 heavy (non-hydrogen) atoms. The third-order valence-electron chi connectivity index (χ3n) is 4.27. The molecule has 3 aromatic rings. The molecule has 0 aliphatic carbocycles. The fourth-order valence-electron chi connectivity index (χ4n) is 3.19. The first kappa shape index (κ1) is 15.6. The molecule has 0 saturated carbocycles. The lowest BCUT2D eigenvalue weighted by molar-refractivity contribution is 0.396. The van der Waals surface area contributed by atoms with Crippen molar-refractivity contribution in [3.8, 4) is 0 Å². The smallest absolute Gasteiger partial charge is 0.207 e. The van der Waals surface area contributed by atoms with Crippen LogP contribution in [-0.4, -0.2) is 28.0 Å². The Morgan fingerprint density at radius 1 is 1.17 bits per heavy atom. The molecule has 0 amide bonds. The van der Waals surface area contributed by atoms with Gasteiger partial charge in [0.25, 0.3) is 0 Å². The van der Waals surface area contributed by atoms with Crippen molar-refractivity contribution in [1.29, 1.82) is 0 Å². The van der Waals surface area contributed by atoms with E-state index in [1.54, 1.807) is 30.3 Å². The van der Waals surface area contributed by atoms with Gasteiger partial charge in [-0.2, -0.15) is 13.1 Å². The lowest BCUT2D eigenvalue weighted by Crippen LogP contribution is -2.31. The van der Waals surface area contributed by atoms with E-state index in [0.29, 0.717) is 29.6 Å². The summed E-state index contributed by atoms with van der Waals surface area (Å²) < 4.78 is 49.6. The first-order valence-electron chi connectivity index (χ1n) is 7.56. The fourth-order valence-corrected chi connectivity index (χ4v) is 5.63. The highest BCUT2D eigenvalue weighted by Gasteiger charge is 2.37. The first-order chi connectivity index (χ1) is 11.6. The van der Waals surface area contributed by atoms with E-state index in [2.05, 4.69) is 8.75 Å². The molecule has 1 atom stereocenters. The second-order valence-corrected chi connectivity index (χ2v) is 8.10. The van der Waals surface area contributed by atoms with Gasteiger partial charge < -0.3 is 0 Å². The number of sulfonamides is 1. The number of nitrogens with zero attached hydrogens (tertiary/aromatic N) is 3. The van der Waals surface area contributed by atoms with Crippen LogP contribution in [0.2, 0.25) is 0 Å². The van der Waals surface area contributed by atoms with Crippen LogP contribution < -0.4 is 0 Å². The Morgan fingerprint density at radius 3 is 2.83 bits per heavy atom. The van der Waals surface area contributed by atoms with Gasteiger partial charge in [0.05, 0.1) is 17.8 Å². The predicted molar refractivity (Wildman–Crippen MR) is 89.7 cm³/mol. The fraction of sp³-hybridized carbons (Fsp3) is 0.250. The molecule has 2 heterocycles. The standard InChI is InChI=1S/C16H14FN3O2S2/c17-12-5-1-4-11(10-12)14-7-3-9-20(14)24(21,22)15-8-2-6-13-16(15)19-23-18-13/h1-2,4-6,8,10,14H,3,7,9H2/t14-/m1/s1. The van der Waals surface area contributed by atoms with Crippen LogP contribution in [-0.2, 0) is 10.0 Å². The molecule has 4 rings (SSSR count). The molecule has 1 aliphatic heterocycles. The monoisotopic (exact) mass is 363 g/mol. The minimum atomic E-state index is -3.73. The van der Waals surface area contributed by atoms with Gasteiger partial charge in [-0.05, 0) is 42.7 Å². The number of rotatable bonds is 3. The highest BCUT2D eigenvalue weighted by molar-refractivity contribution is 7.89. The van der Waals surface area contributed by atoms with Crippen molar-refractivity contribution in [3.63, 3.8) is 0 Å². The SMILES string of the molecule is O=S(=O)(c1cccc2nsnc12)N1CCC[C@@H]1c1cccc(F)c1. The summed E-state index contributed by atoms with van der Waals surface area (Å²) in [5.74, 6) is -0.359. The summed E-state index contributed by atoms with van der Waals surface area (Å²) >= 11 is 0.992. The second kappa shape index (κ2) is 5.87. The maximum absolute atomic E-state index is 13.5. The number of halogens is 1. The van der Waals surface area contributed by atoms with Gasteiger partial charge in [0.15, 0.2) is 0 Å². The van der Waals surface area contributed by atoms with Crippen molar-refractivity contribution in [2.24, 2.45) is 0 Å². The first-order valence-corrected chi connectivity index (χ1v) is 9.73. The van der Waals surface area contributed by atoms with Crippen LogP contribution >= 0.6 is 11.7 Å². The minimum absolute atomic E-state index is 0.164. The van der Waals surface area contributed by atoms with Crippen LogP contribution in [0.3, 0.4) is 0 Å². The summed E-state index contributed by atoms with van der Waals surface area (Å²) in [6, 6.07) is 10.8. The molecule has 124 valence electrons. The molecule has 1 aromatic heterocycles. The van der Waals surface area contributed by atoms with Crippen molar-refractivity contribution in [2.75, 3.05) is 6.54 Å². The Bertz CT molecular complexity index is 1000. The Kier molecular flexibility index (Phi) is 3.82. The average molecular weight is 363 g/mol. The molecule has 1 saturated heterocycles. The molecule has 0 radical (unpaired) electrons. The minimum Gasteiger partial charge on any atom is -0.207 e. The summed E-state index contributed by atoms with van der Waals surface area (Å²) in [7, 11) is -3.73.